The zero-order valence-electron chi connectivity index (χ0n) is 16.6. The summed E-state index contributed by atoms with van der Waals surface area (Å²) in [4.78, 5) is 18.3. The summed E-state index contributed by atoms with van der Waals surface area (Å²) in [6, 6.07) is 0.861. The molecule has 3 aromatic heterocycles. The smallest absolute Gasteiger partial charge is 0.336 e. The summed E-state index contributed by atoms with van der Waals surface area (Å²) < 4.78 is 42.5. The third kappa shape index (κ3) is 3.68. The van der Waals surface area contributed by atoms with Gasteiger partial charge in [-0.15, -0.1) is 0 Å². The Hall–Kier alpha value is -2.62. The van der Waals surface area contributed by atoms with Crippen LogP contribution in [0.1, 0.15) is 45.8 Å². The molecular weight excluding hydrogens is 409 g/mol. The molecule has 3 heterocycles. The fourth-order valence-electron chi connectivity index (χ4n) is 3.21. The van der Waals surface area contributed by atoms with Gasteiger partial charge in [-0.2, -0.15) is 23.4 Å². The van der Waals surface area contributed by atoms with Gasteiger partial charge in [-0.1, -0.05) is 11.6 Å². The van der Waals surface area contributed by atoms with Crippen molar-refractivity contribution >= 4 is 23.2 Å². The number of aromatic nitrogens is 5. The molecule has 0 spiro atoms. The summed E-state index contributed by atoms with van der Waals surface area (Å²) in [7, 11) is 1.54. The van der Waals surface area contributed by atoms with Gasteiger partial charge >= 0.3 is 6.18 Å². The van der Waals surface area contributed by atoms with Crippen molar-refractivity contribution in [3.8, 4) is 0 Å². The van der Waals surface area contributed by atoms with E-state index < -0.39 is 17.8 Å². The Kier molecular flexibility index (Phi) is 5.33. The van der Waals surface area contributed by atoms with E-state index in [1.54, 1.807) is 0 Å². The molecule has 0 fully saturated rings. The van der Waals surface area contributed by atoms with E-state index in [1.165, 1.54) is 18.9 Å². The van der Waals surface area contributed by atoms with E-state index in [0.717, 1.165) is 23.0 Å². The van der Waals surface area contributed by atoms with E-state index in [-0.39, 0.29) is 28.6 Å². The van der Waals surface area contributed by atoms with Gasteiger partial charge < -0.3 is 4.90 Å². The molecule has 1 amide bonds. The number of nitrogens with zero attached hydrogens (tertiary/aromatic N) is 6. The molecule has 0 saturated carbocycles. The summed E-state index contributed by atoms with van der Waals surface area (Å²) >= 11 is 6.21. The molecule has 0 aliphatic heterocycles. The van der Waals surface area contributed by atoms with Crippen LogP contribution in [0.15, 0.2) is 6.07 Å². The minimum Gasteiger partial charge on any atom is -0.336 e. The summed E-state index contributed by atoms with van der Waals surface area (Å²) in [5, 5.41) is 8.04. The lowest BCUT2D eigenvalue weighted by Gasteiger charge is -2.16. The van der Waals surface area contributed by atoms with Crippen molar-refractivity contribution in [2.45, 2.75) is 47.0 Å². The fraction of sp³-hybridized carbons (Fsp3) is 0.444. The lowest BCUT2D eigenvalue weighted by molar-refractivity contribution is -0.142. The van der Waals surface area contributed by atoms with Crippen LogP contribution < -0.4 is 0 Å². The van der Waals surface area contributed by atoms with Crippen molar-refractivity contribution in [1.82, 2.24) is 29.3 Å². The molecule has 0 bridgehead atoms. The molecule has 0 atom stereocenters. The molecule has 0 aromatic carbocycles. The number of aryl methyl sites for hydroxylation is 3. The number of rotatable bonds is 4. The maximum Gasteiger partial charge on any atom is 0.433 e. The largest absolute Gasteiger partial charge is 0.433 e. The summed E-state index contributed by atoms with van der Waals surface area (Å²) in [6.07, 6.45) is -4.67. The molecule has 29 heavy (non-hydrogen) atoms. The van der Waals surface area contributed by atoms with Gasteiger partial charge in [0.05, 0.1) is 5.69 Å². The molecule has 0 saturated heterocycles. The second-order valence-electron chi connectivity index (χ2n) is 6.80. The zero-order valence-corrected chi connectivity index (χ0v) is 17.4. The first kappa shape index (κ1) is 21.1. The normalized spacial score (nSPS) is 12.0. The number of carbonyl (C=O) groups excluding carboxylic acids is 1. The zero-order chi connectivity index (χ0) is 21.7. The number of fused-ring (bicyclic) bond motifs is 1. The Labute approximate surface area is 170 Å². The topological polar surface area (TPSA) is 68.3 Å². The molecule has 0 unspecified atom stereocenters. The molecule has 0 aliphatic carbocycles. The Balaban J connectivity index is 2.01. The Morgan fingerprint density at radius 3 is 2.45 bits per heavy atom. The molecule has 0 radical (unpaired) electrons. The monoisotopic (exact) mass is 428 g/mol. The minimum absolute atomic E-state index is 0.122. The second kappa shape index (κ2) is 7.33. The van der Waals surface area contributed by atoms with Crippen LogP contribution in [0.2, 0.25) is 5.02 Å². The van der Waals surface area contributed by atoms with E-state index in [4.69, 9.17) is 11.6 Å². The summed E-state index contributed by atoms with van der Waals surface area (Å²) in [5.74, 6) is -0.602. The number of alkyl halides is 3. The Bertz CT molecular complexity index is 1100. The van der Waals surface area contributed by atoms with Crippen LogP contribution in [-0.2, 0) is 19.3 Å². The maximum absolute atomic E-state index is 13.4. The van der Waals surface area contributed by atoms with Gasteiger partial charge in [-0.3, -0.25) is 9.48 Å². The van der Waals surface area contributed by atoms with Gasteiger partial charge in [0.25, 0.3) is 5.91 Å². The van der Waals surface area contributed by atoms with E-state index in [0.29, 0.717) is 11.1 Å². The lowest BCUT2D eigenvalue weighted by Crippen LogP contribution is -2.27. The van der Waals surface area contributed by atoms with Crippen molar-refractivity contribution in [3.05, 3.63) is 45.1 Å². The van der Waals surface area contributed by atoms with Gasteiger partial charge in [0.2, 0.25) is 0 Å². The molecule has 11 heteroatoms. The number of amides is 1. The molecule has 0 N–H and O–H groups in total. The van der Waals surface area contributed by atoms with Gasteiger partial charge in [-0.25, -0.2) is 9.50 Å². The van der Waals surface area contributed by atoms with Gasteiger partial charge in [0.15, 0.2) is 11.3 Å². The van der Waals surface area contributed by atoms with Crippen molar-refractivity contribution in [3.63, 3.8) is 0 Å². The van der Waals surface area contributed by atoms with E-state index >= 15 is 0 Å². The van der Waals surface area contributed by atoms with Gasteiger partial charge in [0.1, 0.15) is 10.7 Å². The first-order chi connectivity index (χ1) is 13.5. The molecule has 3 aromatic rings. The predicted octanol–water partition coefficient (Wildman–Crippen LogP) is 3.82. The van der Waals surface area contributed by atoms with Crippen LogP contribution in [0.5, 0.6) is 0 Å². The second-order valence-corrected chi connectivity index (χ2v) is 7.18. The summed E-state index contributed by atoms with van der Waals surface area (Å²) in [5.41, 5.74) is 1.16. The first-order valence-corrected chi connectivity index (χ1v) is 9.24. The van der Waals surface area contributed by atoms with Crippen LogP contribution in [-0.4, -0.2) is 42.2 Å². The van der Waals surface area contributed by atoms with Gasteiger partial charge in [0, 0.05) is 37.1 Å². The number of halogens is 4. The van der Waals surface area contributed by atoms with Crippen LogP contribution in [0, 0.1) is 20.8 Å². The standard InChI is InChI=1S/C18H20ClF3N6O/c1-6-27-11(4)12(10(3)24-27)8-26(5)17(29)15-14(19)16-23-9(2)7-13(18(20,21)22)28(16)25-15/h7H,6,8H2,1-5H3. The molecule has 0 aliphatic rings. The Morgan fingerprint density at radius 2 is 1.90 bits per heavy atom. The van der Waals surface area contributed by atoms with Gasteiger partial charge in [-0.05, 0) is 33.8 Å². The highest BCUT2D eigenvalue weighted by atomic mass is 35.5. The van der Waals surface area contributed by atoms with E-state index in [9.17, 15) is 18.0 Å². The third-order valence-corrected chi connectivity index (χ3v) is 5.07. The average Bonchev–Trinajstić information content (AvgIpc) is 3.10. The number of carbonyl (C=O) groups is 1. The Morgan fingerprint density at radius 1 is 1.24 bits per heavy atom. The average molecular weight is 429 g/mol. The van der Waals surface area contributed by atoms with Crippen molar-refractivity contribution < 1.29 is 18.0 Å². The van der Waals surface area contributed by atoms with E-state index in [2.05, 4.69) is 15.2 Å². The van der Waals surface area contributed by atoms with Crippen LogP contribution >= 0.6 is 11.6 Å². The maximum atomic E-state index is 13.4. The van der Waals surface area contributed by atoms with Crippen LogP contribution in [0.3, 0.4) is 0 Å². The number of hydrogen-bond donors (Lipinski definition) is 0. The summed E-state index contributed by atoms with van der Waals surface area (Å²) in [6.45, 7) is 8.03. The predicted molar refractivity (Wildman–Crippen MR) is 101 cm³/mol. The third-order valence-electron chi connectivity index (χ3n) is 4.73. The first-order valence-electron chi connectivity index (χ1n) is 8.87. The quantitative estimate of drug-likeness (QED) is 0.633. The number of hydrogen-bond acceptors (Lipinski definition) is 4. The SMILES string of the molecule is CCn1nc(C)c(CN(C)C(=O)c2nn3c(C(F)(F)F)cc(C)nc3c2Cl)c1C. The van der Waals surface area contributed by atoms with Crippen LogP contribution in [0.25, 0.3) is 5.65 Å². The van der Waals surface area contributed by atoms with Crippen LogP contribution in [0.4, 0.5) is 13.2 Å². The van der Waals surface area contributed by atoms with Crippen molar-refractivity contribution in [2.75, 3.05) is 7.05 Å². The highest BCUT2D eigenvalue weighted by Crippen LogP contribution is 2.32. The van der Waals surface area contributed by atoms with Crippen molar-refractivity contribution in [1.29, 1.82) is 0 Å². The van der Waals surface area contributed by atoms with E-state index in [1.807, 2.05) is 25.5 Å². The molecular formula is C18H20ClF3N6O. The minimum atomic E-state index is -4.67. The molecule has 156 valence electrons. The highest BCUT2D eigenvalue weighted by molar-refractivity contribution is 6.36. The highest BCUT2D eigenvalue weighted by Gasteiger charge is 2.36. The molecule has 7 nitrogen and oxygen atoms in total. The molecule has 3 rings (SSSR count). The fourth-order valence-corrected chi connectivity index (χ4v) is 3.45. The lowest BCUT2D eigenvalue weighted by atomic mass is 10.2. The van der Waals surface area contributed by atoms with Crippen molar-refractivity contribution in [2.24, 2.45) is 0 Å².